The van der Waals surface area contributed by atoms with Crippen molar-refractivity contribution in [2.45, 2.75) is 13.8 Å². The highest BCUT2D eigenvalue weighted by Crippen LogP contribution is 2.25. The Kier molecular flexibility index (Phi) is 5.69. The predicted octanol–water partition coefficient (Wildman–Crippen LogP) is 4.90. The van der Waals surface area contributed by atoms with E-state index in [-0.39, 0.29) is 11.6 Å². The molecule has 3 rings (SSSR count). The number of carbonyl (C=O) groups excluding carboxylic acids is 1. The fraction of sp³-hybridized carbons (Fsp3) is 0.0909. The molecule has 28 heavy (non-hydrogen) atoms. The molecule has 1 amide bonds. The summed E-state index contributed by atoms with van der Waals surface area (Å²) in [4.78, 5) is 24.7. The lowest BCUT2D eigenvalue weighted by Gasteiger charge is -2.11. The molecule has 140 valence electrons. The zero-order valence-electron chi connectivity index (χ0n) is 15.6. The van der Waals surface area contributed by atoms with Crippen LogP contribution in [0.3, 0.4) is 0 Å². The standard InChI is InChI=1S/C22H19FN4O/c1-4-18(23)12-16-5-8-20(26-15(16)3)17-6-7-19(14(2)11-17)27-22(28)21-13-24-9-10-25-21/h4-13H,1H2,2-3H3,(H,27,28)/b18-12+. The zero-order valence-corrected chi connectivity index (χ0v) is 15.6. The molecule has 0 aliphatic rings. The highest BCUT2D eigenvalue weighted by molar-refractivity contribution is 6.03. The van der Waals surface area contributed by atoms with Crippen molar-refractivity contribution in [2.75, 3.05) is 5.32 Å². The van der Waals surface area contributed by atoms with Crippen LogP contribution >= 0.6 is 0 Å². The van der Waals surface area contributed by atoms with E-state index in [1.54, 1.807) is 0 Å². The van der Waals surface area contributed by atoms with Crippen LogP contribution in [0.15, 0.2) is 67.4 Å². The summed E-state index contributed by atoms with van der Waals surface area (Å²) >= 11 is 0. The third kappa shape index (κ3) is 4.35. The fourth-order valence-electron chi connectivity index (χ4n) is 2.66. The van der Waals surface area contributed by atoms with Crippen LogP contribution in [0.25, 0.3) is 17.3 Å². The molecule has 2 aromatic heterocycles. The van der Waals surface area contributed by atoms with Crippen molar-refractivity contribution >= 4 is 17.7 Å². The molecule has 0 fully saturated rings. The Balaban J connectivity index is 1.83. The normalized spacial score (nSPS) is 11.2. The van der Waals surface area contributed by atoms with E-state index in [4.69, 9.17) is 0 Å². The van der Waals surface area contributed by atoms with E-state index in [0.29, 0.717) is 16.9 Å². The second-order valence-electron chi connectivity index (χ2n) is 6.18. The van der Waals surface area contributed by atoms with Crippen molar-refractivity contribution in [2.24, 2.45) is 0 Å². The van der Waals surface area contributed by atoms with Gasteiger partial charge in [0.1, 0.15) is 11.5 Å². The van der Waals surface area contributed by atoms with Gasteiger partial charge in [-0.2, -0.15) is 0 Å². The lowest BCUT2D eigenvalue weighted by molar-refractivity contribution is 0.102. The Labute approximate surface area is 162 Å². The number of aryl methyl sites for hydroxylation is 2. The number of hydrogen-bond acceptors (Lipinski definition) is 4. The average Bonchev–Trinajstić information content (AvgIpc) is 2.71. The molecule has 0 unspecified atom stereocenters. The van der Waals surface area contributed by atoms with Crippen LogP contribution in [0.1, 0.15) is 27.3 Å². The van der Waals surface area contributed by atoms with Gasteiger partial charge in [-0.15, -0.1) is 0 Å². The summed E-state index contributed by atoms with van der Waals surface area (Å²) in [5.41, 5.74) is 4.90. The second kappa shape index (κ2) is 8.35. The predicted molar refractivity (Wildman–Crippen MR) is 108 cm³/mol. The molecule has 3 aromatic rings. The monoisotopic (exact) mass is 374 g/mol. The summed E-state index contributed by atoms with van der Waals surface area (Å²) in [7, 11) is 0. The number of aromatic nitrogens is 3. The van der Waals surface area contributed by atoms with Gasteiger partial charge in [-0.25, -0.2) is 9.37 Å². The van der Waals surface area contributed by atoms with Gasteiger partial charge < -0.3 is 5.32 Å². The minimum Gasteiger partial charge on any atom is -0.320 e. The van der Waals surface area contributed by atoms with Gasteiger partial charge in [0, 0.05) is 29.3 Å². The second-order valence-corrected chi connectivity index (χ2v) is 6.18. The number of pyridine rings is 1. The number of benzene rings is 1. The summed E-state index contributed by atoms with van der Waals surface area (Å²) in [6, 6.07) is 9.29. The van der Waals surface area contributed by atoms with Crippen LogP contribution in [-0.4, -0.2) is 20.9 Å². The minimum absolute atomic E-state index is 0.249. The quantitative estimate of drug-likeness (QED) is 0.645. The number of carbonyl (C=O) groups is 1. The van der Waals surface area contributed by atoms with Crippen molar-refractivity contribution in [3.63, 3.8) is 0 Å². The molecule has 1 aromatic carbocycles. The molecule has 0 bridgehead atoms. The van der Waals surface area contributed by atoms with Crippen LogP contribution in [0.2, 0.25) is 0 Å². The van der Waals surface area contributed by atoms with Gasteiger partial charge in [-0.1, -0.05) is 18.7 Å². The first kappa shape index (κ1) is 19.1. The highest BCUT2D eigenvalue weighted by atomic mass is 19.1. The van der Waals surface area contributed by atoms with Crippen molar-refractivity contribution < 1.29 is 9.18 Å². The first-order valence-electron chi connectivity index (χ1n) is 8.63. The summed E-state index contributed by atoms with van der Waals surface area (Å²) in [6.45, 7) is 7.14. The number of anilines is 1. The molecule has 0 radical (unpaired) electrons. The molecule has 6 heteroatoms. The van der Waals surface area contributed by atoms with Gasteiger partial charge in [0.2, 0.25) is 0 Å². The fourth-order valence-corrected chi connectivity index (χ4v) is 2.66. The van der Waals surface area contributed by atoms with Crippen molar-refractivity contribution in [3.8, 4) is 11.3 Å². The lowest BCUT2D eigenvalue weighted by Crippen LogP contribution is -2.14. The van der Waals surface area contributed by atoms with Crippen LogP contribution in [0, 0.1) is 13.8 Å². The van der Waals surface area contributed by atoms with Crippen molar-refractivity contribution in [1.82, 2.24) is 15.0 Å². The number of allylic oxidation sites excluding steroid dienone is 2. The molecule has 0 saturated heterocycles. The van der Waals surface area contributed by atoms with Gasteiger partial charge in [-0.3, -0.25) is 14.8 Å². The molecule has 1 N–H and O–H groups in total. The molecule has 0 saturated carbocycles. The third-order valence-electron chi connectivity index (χ3n) is 4.18. The number of halogens is 1. The maximum absolute atomic E-state index is 13.4. The Hall–Kier alpha value is -3.67. The molecule has 5 nitrogen and oxygen atoms in total. The van der Waals surface area contributed by atoms with Crippen molar-refractivity contribution in [3.05, 3.63) is 89.9 Å². The summed E-state index contributed by atoms with van der Waals surface area (Å²) in [5, 5.41) is 2.83. The van der Waals surface area contributed by atoms with E-state index < -0.39 is 5.83 Å². The number of nitrogens with one attached hydrogen (secondary N) is 1. The minimum atomic E-state index is -0.406. The Morgan fingerprint density at radius 1 is 1.18 bits per heavy atom. The van der Waals surface area contributed by atoms with E-state index in [1.807, 2.05) is 44.2 Å². The van der Waals surface area contributed by atoms with E-state index in [9.17, 15) is 9.18 Å². The maximum Gasteiger partial charge on any atom is 0.275 e. The number of hydrogen-bond donors (Lipinski definition) is 1. The van der Waals surface area contributed by atoms with Gasteiger partial charge in [0.05, 0.1) is 11.9 Å². The van der Waals surface area contributed by atoms with Crippen molar-refractivity contribution in [1.29, 1.82) is 0 Å². The first-order chi connectivity index (χ1) is 13.5. The Morgan fingerprint density at radius 2 is 2.00 bits per heavy atom. The van der Waals surface area contributed by atoms with E-state index >= 15 is 0 Å². The van der Waals surface area contributed by atoms with Crippen LogP contribution in [-0.2, 0) is 0 Å². The molecular formula is C22H19FN4O. The summed E-state index contributed by atoms with van der Waals surface area (Å²) in [5.74, 6) is -0.727. The van der Waals surface area contributed by atoms with Crippen LogP contribution < -0.4 is 5.32 Å². The van der Waals surface area contributed by atoms with Gasteiger partial charge >= 0.3 is 0 Å². The highest BCUT2D eigenvalue weighted by Gasteiger charge is 2.10. The molecule has 2 heterocycles. The number of rotatable bonds is 5. The van der Waals surface area contributed by atoms with Gasteiger partial charge in [0.15, 0.2) is 0 Å². The van der Waals surface area contributed by atoms with Crippen LogP contribution in [0.5, 0.6) is 0 Å². The summed E-state index contributed by atoms with van der Waals surface area (Å²) < 4.78 is 13.4. The number of nitrogens with zero attached hydrogens (tertiary/aromatic N) is 3. The smallest absolute Gasteiger partial charge is 0.275 e. The first-order valence-corrected chi connectivity index (χ1v) is 8.63. The molecule has 0 aliphatic carbocycles. The Morgan fingerprint density at radius 3 is 2.64 bits per heavy atom. The molecule has 0 atom stereocenters. The van der Waals surface area contributed by atoms with E-state index in [2.05, 4.69) is 26.8 Å². The largest absolute Gasteiger partial charge is 0.320 e. The SMILES string of the molecule is C=C/C(F)=C\c1ccc(-c2ccc(NC(=O)c3cnccn3)c(C)c2)nc1C. The van der Waals surface area contributed by atoms with Gasteiger partial charge in [0.25, 0.3) is 5.91 Å². The topological polar surface area (TPSA) is 67.8 Å². The molecule has 0 spiro atoms. The van der Waals surface area contributed by atoms with E-state index in [1.165, 1.54) is 24.7 Å². The maximum atomic E-state index is 13.4. The zero-order chi connectivity index (χ0) is 20.1. The number of amides is 1. The summed E-state index contributed by atoms with van der Waals surface area (Å²) in [6.07, 6.45) is 6.95. The lowest BCUT2D eigenvalue weighted by atomic mass is 10.0. The van der Waals surface area contributed by atoms with Crippen LogP contribution in [0.4, 0.5) is 10.1 Å². The van der Waals surface area contributed by atoms with Gasteiger partial charge in [-0.05, 0) is 55.3 Å². The average molecular weight is 374 g/mol. The Bertz CT molecular complexity index is 1060. The third-order valence-corrected chi connectivity index (χ3v) is 4.18. The molecule has 0 aliphatic heterocycles. The van der Waals surface area contributed by atoms with E-state index in [0.717, 1.165) is 22.9 Å². The molecular weight excluding hydrogens is 355 g/mol.